The average molecular weight is 238 g/mol. The SMILES string of the molecule is Cc1ccc(C(=O)NCC(Cl)C2CC2)cc1. The normalized spacial score (nSPS) is 16.9. The molecular formula is C13H16ClNO. The lowest BCUT2D eigenvalue weighted by molar-refractivity contribution is 0.0953. The number of benzene rings is 1. The number of nitrogens with one attached hydrogen (secondary N) is 1. The molecule has 0 heterocycles. The number of amides is 1. The van der Waals surface area contributed by atoms with E-state index >= 15 is 0 Å². The van der Waals surface area contributed by atoms with Gasteiger partial charge in [-0.3, -0.25) is 4.79 Å². The second-order valence-electron chi connectivity index (χ2n) is 4.43. The van der Waals surface area contributed by atoms with E-state index in [1.165, 1.54) is 12.8 Å². The molecule has 0 radical (unpaired) electrons. The number of rotatable bonds is 4. The first-order valence-corrected chi connectivity index (χ1v) is 6.09. The summed E-state index contributed by atoms with van der Waals surface area (Å²) >= 11 is 6.12. The van der Waals surface area contributed by atoms with Gasteiger partial charge in [-0.2, -0.15) is 0 Å². The third-order valence-electron chi connectivity index (χ3n) is 2.90. The van der Waals surface area contributed by atoms with Gasteiger partial charge in [-0.25, -0.2) is 0 Å². The van der Waals surface area contributed by atoms with Crippen molar-refractivity contribution < 1.29 is 4.79 Å². The Hall–Kier alpha value is -1.02. The monoisotopic (exact) mass is 237 g/mol. The van der Waals surface area contributed by atoms with E-state index < -0.39 is 0 Å². The summed E-state index contributed by atoms with van der Waals surface area (Å²) in [4.78, 5) is 11.7. The summed E-state index contributed by atoms with van der Waals surface area (Å²) in [6.07, 6.45) is 2.41. The van der Waals surface area contributed by atoms with Crippen LogP contribution < -0.4 is 5.32 Å². The Morgan fingerprint density at radius 3 is 2.62 bits per heavy atom. The van der Waals surface area contributed by atoms with Crippen LogP contribution in [0.3, 0.4) is 0 Å². The third kappa shape index (κ3) is 2.99. The highest BCUT2D eigenvalue weighted by molar-refractivity contribution is 6.21. The maximum Gasteiger partial charge on any atom is 0.251 e. The fraction of sp³-hybridized carbons (Fsp3) is 0.462. The van der Waals surface area contributed by atoms with Crippen molar-refractivity contribution in [3.8, 4) is 0 Å². The quantitative estimate of drug-likeness (QED) is 0.802. The molecule has 1 fully saturated rings. The van der Waals surface area contributed by atoms with Crippen LogP contribution >= 0.6 is 11.6 Å². The second-order valence-corrected chi connectivity index (χ2v) is 4.99. The smallest absolute Gasteiger partial charge is 0.251 e. The molecule has 16 heavy (non-hydrogen) atoms. The topological polar surface area (TPSA) is 29.1 Å². The largest absolute Gasteiger partial charge is 0.351 e. The Kier molecular flexibility index (Phi) is 3.49. The van der Waals surface area contributed by atoms with Crippen molar-refractivity contribution in [1.29, 1.82) is 0 Å². The Labute approximate surface area is 101 Å². The number of hydrogen-bond donors (Lipinski definition) is 1. The number of halogens is 1. The van der Waals surface area contributed by atoms with Crippen LogP contribution in [0.1, 0.15) is 28.8 Å². The molecule has 1 amide bonds. The lowest BCUT2D eigenvalue weighted by Crippen LogP contribution is -2.30. The summed E-state index contributed by atoms with van der Waals surface area (Å²) in [5.74, 6) is 0.575. The molecule has 0 bridgehead atoms. The van der Waals surface area contributed by atoms with Gasteiger partial charge in [-0.15, -0.1) is 11.6 Å². The molecule has 1 aromatic carbocycles. The van der Waals surface area contributed by atoms with Crippen molar-refractivity contribution in [3.63, 3.8) is 0 Å². The van der Waals surface area contributed by atoms with Crippen LogP contribution in [-0.4, -0.2) is 17.8 Å². The van der Waals surface area contributed by atoms with E-state index in [1.807, 2.05) is 31.2 Å². The van der Waals surface area contributed by atoms with Gasteiger partial charge in [0, 0.05) is 12.1 Å². The van der Waals surface area contributed by atoms with E-state index in [-0.39, 0.29) is 11.3 Å². The first-order chi connectivity index (χ1) is 7.66. The first kappa shape index (κ1) is 11.5. The lowest BCUT2D eigenvalue weighted by Gasteiger charge is -2.09. The zero-order valence-corrected chi connectivity index (χ0v) is 10.1. The predicted molar refractivity (Wildman–Crippen MR) is 65.9 cm³/mol. The van der Waals surface area contributed by atoms with Crippen molar-refractivity contribution in [2.75, 3.05) is 6.54 Å². The standard InChI is InChI=1S/C13H16ClNO/c1-9-2-4-11(5-3-9)13(16)15-8-12(14)10-6-7-10/h2-5,10,12H,6-8H2,1H3,(H,15,16). The van der Waals surface area contributed by atoms with Crippen LogP contribution in [0.2, 0.25) is 0 Å². The molecular weight excluding hydrogens is 222 g/mol. The highest BCUT2D eigenvalue weighted by Gasteiger charge is 2.29. The van der Waals surface area contributed by atoms with Gasteiger partial charge < -0.3 is 5.32 Å². The molecule has 0 aromatic heterocycles. The van der Waals surface area contributed by atoms with Crippen LogP contribution in [0.25, 0.3) is 0 Å². The summed E-state index contributed by atoms with van der Waals surface area (Å²) in [5, 5.41) is 2.96. The van der Waals surface area contributed by atoms with Gasteiger partial charge in [-0.1, -0.05) is 17.7 Å². The molecule has 1 aliphatic carbocycles. The van der Waals surface area contributed by atoms with Gasteiger partial charge in [-0.05, 0) is 37.8 Å². The highest BCUT2D eigenvalue weighted by Crippen LogP contribution is 2.35. The Morgan fingerprint density at radius 1 is 1.44 bits per heavy atom. The van der Waals surface area contributed by atoms with Crippen LogP contribution in [0.15, 0.2) is 24.3 Å². The van der Waals surface area contributed by atoms with Crippen LogP contribution in [0.4, 0.5) is 0 Å². The van der Waals surface area contributed by atoms with Gasteiger partial charge in [0.15, 0.2) is 0 Å². The molecule has 0 saturated heterocycles. The molecule has 1 aromatic rings. The molecule has 0 aliphatic heterocycles. The van der Waals surface area contributed by atoms with Crippen molar-refractivity contribution >= 4 is 17.5 Å². The molecule has 86 valence electrons. The zero-order chi connectivity index (χ0) is 11.5. The van der Waals surface area contributed by atoms with Gasteiger partial charge in [0.1, 0.15) is 0 Å². The minimum absolute atomic E-state index is 0.0358. The van der Waals surface area contributed by atoms with Crippen molar-refractivity contribution in [1.82, 2.24) is 5.32 Å². The molecule has 1 unspecified atom stereocenters. The van der Waals surface area contributed by atoms with Gasteiger partial charge >= 0.3 is 0 Å². The number of hydrogen-bond acceptors (Lipinski definition) is 1. The van der Waals surface area contributed by atoms with Crippen molar-refractivity contribution in [2.45, 2.75) is 25.1 Å². The number of aryl methyl sites for hydroxylation is 1. The van der Waals surface area contributed by atoms with Crippen LogP contribution in [0, 0.1) is 12.8 Å². The average Bonchev–Trinajstić information content (AvgIpc) is 3.10. The van der Waals surface area contributed by atoms with Crippen LogP contribution in [0.5, 0.6) is 0 Å². The van der Waals surface area contributed by atoms with Gasteiger partial charge in [0.05, 0.1) is 5.38 Å². The van der Waals surface area contributed by atoms with E-state index in [4.69, 9.17) is 11.6 Å². The molecule has 1 saturated carbocycles. The van der Waals surface area contributed by atoms with E-state index in [2.05, 4.69) is 5.32 Å². The summed E-state index contributed by atoms with van der Waals surface area (Å²) < 4.78 is 0. The minimum Gasteiger partial charge on any atom is -0.351 e. The number of carbonyl (C=O) groups excluding carboxylic acids is 1. The summed E-state index contributed by atoms with van der Waals surface area (Å²) in [7, 11) is 0. The number of alkyl halides is 1. The lowest BCUT2D eigenvalue weighted by atomic mass is 10.1. The van der Waals surface area contributed by atoms with E-state index in [0.29, 0.717) is 18.0 Å². The van der Waals surface area contributed by atoms with E-state index in [9.17, 15) is 4.79 Å². The molecule has 3 heteroatoms. The van der Waals surface area contributed by atoms with E-state index in [1.54, 1.807) is 0 Å². The third-order valence-corrected chi connectivity index (χ3v) is 3.42. The maximum absolute atomic E-state index is 11.7. The molecule has 1 aliphatic rings. The van der Waals surface area contributed by atoms with Gasteiger partial charge in [0.2, 0.25) is 0 Å². The second kappa shape index (κ2) is 4.88. The minimum atomic E-state index is -0.0358. The van der Waals surface area contributed by atoms with Gasteiger partial charge in [0.25, 0.3) is 5.91 Å². The molecule has 2 nitrogen and oxygen atoms in total. The maximum atomic E-state index is 11.7. The van der Waals surface area contributed by atoms with Crippen molar-refractivity contribution in [2.24, 2.45) is 5.92 Å². The Balaban J connectivity index is 1.85. The fourth-order valence-electron chi connectivity index (χ4n) is 1.62. The Bertz CT molecular complexity index is 370. The molecule has 2 rings (SSSR count). The molecule has 0 spiro atoms. The summed E-state index contributed by atoms with van der Waals surface area (Å²) in [5.41, 5.74) is 1.86. The highest BCUT2D eigenvalue weighted by atomic mass is 35.5. The fourth-order valence-corrected chi connectivity index (χ4v) is 1.95. The Morgan fingerprint density at radius 2 is 2.06 bits per heavy atom. The van der Waals surface area contributed by atoms with Crippen molar-refractivity contribution in [3.05, 3.63) is 35.4 Å². The zero-order valence-electron chi connectivity index (χ0n) is 9.37. The summed E-state index contributed by atoms with van der Waals surface area (Å²) in [6.45, 7) is 2.57. The first-order valence-electron chi connectivity index (χ1n) is 5.66. The van der Waals surface area contributed by atoms with Crippen LogP contribution in [-0.2, 0) is 0 Å². The number of carbonyl (C=O) groups is 1. The van der Waals surface area contributed by atoms with E-state index in [0.717, 1.165) is 5.56 Å². The summed E-state index contributed by atoms with van der Waals surface area (Å²) in [6, 6.07) is 7.55. The molecule has 1 N–H and O–H groups in total. The molecule has 1 atom stereocenters. The predicted octanol–water partition coefficient (Wildman–Crippen LogP) is 2.74.